The molecule has 1 fully saturated rings. The van der Waals surface area contributed by atoms with Crippen LogP contribution in [0.3, 0.4) is 0 Å². The molecule has 0 saturated carbocycles. The summed E-state index contributed by atoms with van der Waals surface area (Å²) in [4.78, 5) is 12.9. The summed E-state index contributed by atoms with van der Waals surface area (Å²) in [5.41, 5.74) is 5.62. The zero-order valence-electron chi connectivity index (χ0n) is 15.4. The number of thiazole rings is 1. The maximum Gasteiger partial charge on any atom is 0.186 e. The summed E-state index contributed by atoms with van der Waals surface area (Å²) in [7, 11) is 0. The Balaban J connectivity index is 1.86. The van der Waals surface area contributed by atoms with Crippen molar-refractivity contribution in [1.82, 2.24) is 9.97 Å². The first kappa shape index (κ1) is 17.7. The van der Waals surface area contributed by atoms with Crippen LogP contribution in [0.25, 0.3) is 21.7 Å². The summed E-state index contributed by atoms with van der Waals surface area (Å²) < 4.78 is 5.48. The van der Waals surface area contributed by atoms with E-state index in [4.69, 9.17) is 9.72 Å². The number of nitriles is 1. The van der Waals surface area contributed by atoms with Gasteiger partial charge >= 0.3 is 0 Å². The zero-order chi connectivity index (χ0) is 18.8. The molecular weight excluding hydrogens is 356 g/mol. The number of rotatable bonds is 3. The van der Waals surface area contributed by atoms with Crippen molar-refractivity contribution in [3.8, 4) is 27.8 Å². The molecule has 4 rings (SSSR count). The maximum absolute atomic E-state index is 9.28. The largest absolute Gasteiger partial charge is 0.378 e. The highest BCUT2D eigenvalue weighted by atomic mass is 32.1. The molecule has 3 heterocycles. The third kappa shape index (κ3) is 3.70. The predicted molar refractivity (Wildman–Crippen MR) is 108 cm³/mol. The Bertz CT molecular complexity index is 995. The predicted octanol–water partition coefficient (Wildman–Crippen LogP) is 4.20. The van der Waals surface area contributed by atoms with Gasteiger partial charge in [-0.15, -0.1) is 0 Å². The molecule has 27 heavy (non-hydrogen) atoms. The average Bonchev–Trinajstić information content (AvgIpc) is 3.13. The van der Waals surface area contributed by atoms with Crippen LogP contribution in [0.15, 0.2) is 36.4 Å². The normalized spacial score (nSPS) is 14.2. The van der Waals surface area contributed by atoms with Gasteiger partial charge in [0.1, 0.15) is 0 Å². The number of aromatic nitrogens is 2. The first-order valence-corrected chi connectivity index (χ1v) is 9.75. The molecule has 0 unspecified atom stereocenters. The van der Waals surface area contributed by atoms with Crippen LogP contribution in [0.1, 0.15) is 17.0 Å². The van der Waals surface area contributed by atoms with E-state index in [0.29, 0.717) is 5.56 Å². The summed E-state index contributed by atoms with van der Waals surface area (Å²) in [6.45, 7) is 7.16. The molecule has 0 amide bonds. The van der Waals surface area contributed by atoms with Gasteiger partial charge in [0.05, 0.1) is 35.4 Å². The summed E-state index contributed by atoms with van der Waals surface area (Å²) in [6.07, 6.45) is 0. The Labute approximate surface area is 162 Å². The van der Waals surface area contributed by atoms with Crippen molar-refractivity contribution in [2.24, 2.45) is 0 Å². The molecule has 5 nitrogen and oxygen atoms in total. The van der Waals surface area contributed by atoms with Gasteiger partial charge in [0.2, 0.25) is 0 Å². The lowest BCUT2D eigenvalue weighted by Crippen LogP contribution is -2.36. The van der Waals surface area contributed by atoms with E-state index in [-0.39, 0.29) is 0 Å². The second kappa shape index (κ2) is 7.47. The minimum atomic E-state index is 0.640. The summed E-state index contributed by atoms with van der Waals surface area (Å²) in [5, 5.41) is 10.3. The van der Waals surface area contributed by atoms with Crippen LogP contribution >= 0.6 is 11.3 Å². The molecule has 0 radical (unpaired) electrons. The Kier molecular flexibility index (Phi) is 4.88. The summed E-state index contributed by atoms with van der Waals surface area (Å²) in [5.74, 6) is 0. The van der Waals surface area contributed by atoms with Gasteiger partial charge in [-0.3, -0.25) is 4.98 Å². The topological polar surface area (TPSA) is 62.0 Å². The SMILES string of the molecule is Cc1cc(-c2sc(N3CCOCC3)nc2-c2cccc(C#N)c2)cc(C)n1. The number of hydrogen-bond acceptors (Lipinski definition) is 6. The van der Waals surface area contributed by atoms with Crippen LogP contribution in [0.5, 0.6) is 0 Å². The fourth-order valence-corrected chi connectivity index (χ4v) is 4.42. The molecule has 0 atom stereocenters. The molecule has 0 bridgehead atoms. The lowest BCUT2D eigenvalue weighted by Gasteiger charge is -2.26. The zero-order valence-corrected chi connectivity index (χ0v) is 16.2. The minimum Gasteiger partial charge on any atom is -0.378 e. The van der Waals surface area contributed by atoms with Crippen molar-refractivity contribution in [3.05, 3.63) is 53.3 Å². The molecule has 2 aromatic heterocycles. The van der Waals surface area contributed by atoms with Gasteiger partial charge in [0.25, 0.3) is 0 Å². The Morgan fingerprint density at radius 1 is 1.04 bits per heavy atom. The van der Waals surface area contributed by atoms with Crippen LogP contribution in [0.4, 0.5) is 5.13 Å². The number of benzene rings is 1. The van der Waals surface area contributed by atoms with Crippen LogP contribution in [0, 0.1) is 25.2 Å². The number of pyridine rings is 1. The van der Waals surface area contributed by atoms with E-state index in [1.54, 1.807) is 11.3 Å². The molecule has 1 aromatic carbocycles. The molecule has 1 saturated heterocycles. The quantitative estimate of drug-likeness (QED) is 0.686. The van der Waals surface area contributed by atoms with Crippen molar-refractivity contribution < 1.29 is 4.74 Å². The fraction of sp³-hybridized carbons (Fsp3) is 0.286. The molecule has 1 aliphatic rings. The van der Waals surface area contributed by atoms with Gasteiger partial charge in [-0.25, -0.2) is 4.98 Å². The standard InChI is InChI=1S/C21H20N4OS/c1-14-10-18(11-15(2)23-14)20-19(17-5-3-4-16(12-17)13-22)24-21(27-20)25-6-8-26-9-7-25/h3-5,10-12H,6-9H2,1-2H3. The van der Waals surface area contributed by atoms with Crippen molar-refractivity contribution in [3.63, 3.8) is 0 Å². The first-order valence-electron chi connectivity index (χ1n) is 8.94. The lowest BCUT2D eigenvalue weighted by molar-refractivity contribution is 0.122. The number of hydrogen-bond donors (Lipinski definition) is 0. The van der Waals surface area contributed by atoms with Gasteiger partial charge in [-0.2, -0.15) is 5.26 Å². The Morgan fingerprint density at radius 3 is 2.48 bits per heavy atom. The molecule has 0 spiro atoms. The molecule has 0 N–H and O–H groups in total. The van der Waals surface area contributed by atoms with E-state index in [1.807, 2.05) is 38.1 Å². The Hall–Kier alpha value is -2.75. The molecular formula is C21H20N4OS. The van der Waals surface area contributed by atoms with E-state index in [1.165, 1.54) is 0 Å². The van der Waals surface area contributed by atoms with Crippen molar-refractivity contribution in [1.29, 1.82) is 5.26 Å². The summed E-state index contributed by atoms with van der Waals surface area (Å²) >= 11 is 1.69. The second-order valence-electron chi connectivity index (χ2n) is 6.60. The van der Waals surface area contributed by atoms with Gasteiger partial charge in [-0.05, 0) is 43.7 Å². The van der Waals surface area contributed by atoms with Crippen LogP contribution < -0.4 is 4.90 Å². The van der Waals surface area contributed by atoms with Crippen molar-refractivity contribution in [2.45, 2.75) is 13.8 Å². The third-order valence-electron chi connectivity index (χ3n) is 4.51. The van der Waals surface area contributed by atoms with Crippen molar-refractivity contribution in [2.75, 3.05) is 31.2 Å². The molecule has 6 heteroatoms. The lowest BCUT2D eigenvalue weighted by atomic mass is 10.0. The number of anilines is 1. The first-order chi connectivity index (χ1) is 13.1. The fourth-order valence-electron chi connectivity index (χ4n) is 3.29. The number of aryl methyl sites for hydroxylation is 2. The van der Waals surface area contributed by atoms with Gasteiger partial charge in [-0.1, -0.05) is 23.5 Å². The van der Waals surface area contributed by atoms with Crippen molar-refractivity contribution >= 4 is 16.5 Å². The smallest absolute Gasteiger partial charge is 0.186 e. The Morgan fingerprint density at radius 2 is 1.78 bits per heavy atom. The van der Waals surface area contributed by atoms with E-state index >= 15 is 0 Å². The van der Waals surface area contributed by atoms with Gasteiger partial charge < -0.3 is 9.64 Å². The number of morpholine rings is 1. The van der Waals surface area contributed by atoms with Crippen LogP contribution in [-0.2, 0) is 4.74 Å². The third-order valence-corrected chi connectivity index (χ3v) is 5.67. The molecule has 0 aliphatic carbocycles. The number of ether oxygens (including phenoxy) is 1. The van der Waals surface area contributed by atoms with Crippen LogP contribution in [-0.4, -0.2) is 36.3 Å². The molecule has 3 aromatic rings. The second-order valence-corrected chi connectivity index (χ2v) is 7.58. The van der Waals surface area contributed by atoms with E-state index in [0.717, 1.165) is 64.5 Å². The average molecular weight is 376 g/mol. The summed E-state index contributed by atoms with van der Waals surface area (Å²) in [6, 6.07) is 14.1. The monoisotopic (exact) mass is 376 g/mol. The van der Waals surface area contributed by atoms with Gasteiger partial charge in [0.15, 0.2) is 5.13 Å². The van der Waals surface area contributed by atoms with Crippen LogP contribution in [0.2, 0.25) is 0 Å². The number of nitrogens with zero attached hydrogens (tertiary/aromatic N) is 4. The minimum absolute atomic E-state index is 0.640. The highest BCUT2D eigenvalue weighted by Crippen LogP contribution is 2.41. The molecule has 1 aliphatic heterocycles. The highest BCUT2D eigenvalue weighted by Gasteiger charge is 2.21. The van der Waals surface area contributed by atoms with E-state index in [9.17, 15) is 5.26 Å². The molecule has 136 valence electrons. The highest BCUT2D eigenvalue weighted by molar-refractivity contribution is 7.19. The van der Waals surface area contributed by atoms with Gasteiger partial charge in [0, 0.05) is 30.0 Å². The van der Waals surface area contributed by atoms with E-state index < -0.39 is 0 Å². The van der Waals surface area contributed by atoms with E-state index in [2.05, 4.69) is 28.1 Å². The maximum atomic E-state index is 9.28.